The number of nitrogens with zero attached hydrogens (tertiary/aromatic N) is 3. The molecule has 2 amide bonds. The van der Waals surface area contributed by atoms with Crippen molar-refractivity contribution < 1.29 is 9.59 Å². The monoisotopic (exact) mass is 363 g/mol. The molecule has 1 aliphatic rings. The number of benzene rings is 1. The molecule has 0 N–H and O–H groups in total. The Morgan fingerprint density at radius 3 is 1.75 bits per heavy atom. The maximum absolute atomic E-state index is 12.5. The first-order chi connectivity index (χ1) is 11.5. The zero-order valence-electron chi connectivity index (χ0n) is 12.8. The van der Waals surface area contributed by atoms with E-state index in [1.807, 2.05) is 18.2 Å². The van der Waals surface area contributed by atoms with E-state index >= 15 is 0 Å². The van der Waals surface area contributed by atoms with Gasteiger partial charge < -0.3 is 9.80 Å². The Labute approximate surface area is 149 Å². The molecule has 1 saturated heterocycles. The highest BCUT2D eigenvalue weighted by molar-refractivity contribution is 6.33. The molecule has 1 fully saturated rings. The third kappa shape index (κ3) is 3.68. The van der Waals surface area contributed by atoms with Crippen LogP contribution in [0, 0.1) is 0 Å². The average Bonchev–Trinajstić information content (AvgIpc) is 2.60. The first kappa shape index (κ1) is 16.7. The largest absolute Gasteiger partial charge is 0.335 e. The number of rotatable bonds is 2. The van der Waals surface area contributed by atoms with Crippen LogP contribution in [-0.2, 0) is 0 Å². The van der Waals surface area contributed by atoms with Crippen LogP contribution < -0.4 is 0 Å². The van der Waals surface area contributed by atoms with Crippen molar-refractivity contribution >= 4 is 35.0 Å². The highest BCUT2D eigenvalue weighted by Crippen LogP contribution is 2.17. The van der Waals surface area contributed by atoms with Crippen molar-refractivity contribution in [3.8, 4) is 0 Å². The number of carbonyl (C=O) groups excluding carboxylic acids is 2. The molecule has 0 bridgehead atoms. The topological polar surface area (TPSA) is 53.5 Å². The van der Waals surface area contributed by atoms with Gasteiger partial charge >= 0.3 is 0 Å². The molecule has 2 aromatic rings. The van der Waals surface area contributed by atoms with E-state index in [1.165, 1.54) is 12.1 Å². The summed E-state index contributed by atoms with van der Waals surface area (Å²) in [6.07, 6.45) is 0. The second-order valence-corrected chi connectivity index (χ2v) is 6.23. The Hall–Kier alpha value is -2.11. The first-order valence-electron chi connectivity index (χ1n) is 7.51. The normalized spacial score (nSPS) is 14.6. The fourth-order valence-corrected chi connectivity index (χ4v) is 3.11. The Balaban J connectivity index is 1.64. The van der Waals surface area contributed by atoms with Gasteiger partial charge in [-0.2, -0.15) is 0 Å². The van der Waals surface area contributed by atoms with Crippen molar-refractivity contribution in [1.29, 1.82) is 0 Å². The molecular formula is C17H15Cl2N3O2. The molecule has 0 spiro atoms. The molecule has 7 heteroatoms. The van der Waals surface area contributed by atoms with Gasteiger partial charge in [0.25, 0.3) is 11.8 Å². The number of hydrogen-bond donors (Lipinski definition) is 0. The molecule has 0 saturated carbocycles. The van der Waals surface area contributed by atoms with E-state index in [4.69, 9.17) is 23.2 Å². The molecule has 0 atom stereocenters. The minimum absolute atomic E-state index is 0.0160. The number of pyridine rings is 1. The van der Waals surface area contributed by atoms with Crippen LogP contribution >= 0.6 is 23.2 Å². The Morgan fingerprint density at radius 2 is 1.25 bits per heavy atom. The molecule has 0 radical (unpaired) electrons. The molecule has 5 nitrogen and oxygen atoms in total. The summed E-state index contributed by atoms with van der Waals surface area (Å²) in [5.41, 5.74) is 1.06. The minimum atomic E-state index is -0.159. The van der Waals surface area contributed by atoms with Crippen LogP contribution in [0.2, 0.25) is 10.3 Å². The summed E-state index contributed by atoms with van der Waals surface area (Å²) in [7, 11) is 0. The maximum Gasteiger partial charge on any atom is 0.254 e. The summed E-state index contributed by atoms with van der Waals surface area (Å²) in [4.78, 5) is 32.2. The smallest absolute Gasteiger partial charge is 0.254 e. The lowest BCUT2D eigenvalue weighted by Crippen LogP contribution is -2.50. The molecule has 1 aromatic heterocycles. The molecular weight excluding hydrogens is 349 g/mol. The fraction of sp³-hybridized carbons (Fsp3) is 0.235. The summed E-state index contributed by atoms with van der Waals surface area (Å²) in [6, 6.07) is 12.1. The van der Waals surface area contributed by atoms with Crippen LogP contribution in [0.5, 0.6) is 0 Å². The van der Waals surface area contributed by atoms with Gasteiger partial charge in [-0.25, -0.2) is 4.98 Å². The van der Waals surface area contributed by atoms with Crippen molar-refractivity contribution in [1.82, 2.24) is 14.8 Å². The summed E-state index contributed by atoms with van der Waals surface area (Å²) in [5, 5.41) is 0.368. The molecule has 124 valence electrons. The highest BCUT2D eigenvalue weighted by atomic mass is 35.5. The van der Waals surface area contributed by atoms with Crippen LogP contribution in [0.1, 0.15) is 20.7 Å². The number of piperazine rings is 1. The predicted octanol–water partition coefficient (Wildman–Crippen LogP) is 2.99. The van der Waals surface area contributed by atoms with Crippen molar-refractivity contribution in [2.24, 2.45) is 0 Å². The summed E-state index contributed by atoms with van der Waals surface area (Å²) < 4.78 is 0. The fourth-order valence-electron chi connectivity index (χ4n) is 2.65. The van der Waals surface area contributed by atoms with Gasteiger partial charge in [-0.3, -0.25) is 9.59 Å². The van der Waals surface area contributed by atoms with E-state index in [2.05, 4.69) is 4.98 Å². The lowest BCUT2D eigenvalue weighted by molar-refractivity contribution is 0.0535. The molecule has 24 heavy (non-hydrogen) atoms. The number of aromatic nitrogens is 1. The summed E-state index contributed by atoms with van der Waals surface area (Å²) >= 11 is 11.7. The van der Waals surface area contributed by atoms with Gasteiger partial charge in [0.15, 0.2) is 0 Å². The first-order valence-corrected chi connectivity index (χ1v) is 8.27. The van der Waals surface area contributed by atoms with Crippen LogP contribution in [0.3, 0.4) is 0 Å². The van der Waals surface area contributed by atoms with E-state index in [9.17, 15) is 9.59 Å². The molecule has 0 aliphatic carbocycles. The highest BCUT2D eigenvalue weighted by Gasteiger charge is 2.25. The SMILES string of the molecule is O=C(c1ccccc1)N1CCN(C(=O)c2cc(Cl)nc(Cl)c2)CC1. The molecule has 1 aliphatic heterocycles. The Bertz CT molecular complexity index is 739. The summed E-state index contributed by atoms with van der Waals surface area (Å²) in [5.74, 6) is -0.175. The minimum Gasteiger partial charge on any atom is -0.335 e. The van der Waals surface area contributed by atoms with Gasteiger partial charge in [0, 0.05) is 37.3 Å². The van der Waals surface area contributed by atoms with Gasteiger partial charge in [-0.15, -0.1) is 0 Å². The Morgan fingerprint density at radius 1 is 0.792 bits per heavy atom. The zero-order chi connectivity index (χ0) is 17.1. The van der Waals surface area contributed by atoms with Gasteiger partial charge in [0.2, 0.25) is 0 Å². The zero-order valence-corrected chi connectivity index (χ0v) is 14.3. The molecule has 1 aromatic carbocycles. The maximum atomic E-state index is 12.5. The van der Waals surface area contributed by atoms with Crippen molar-refractivity contribution in [2.45, 2.75) is 0 Å². The van der Waals surface area contributed by atoms with Crippen LogP contribution in [0.4, 0.5) is 0 Å². The van der Waals surface area contributed by atoms with Crippen molar-refractivity contribution in [3.63, 3.8) is 0 Å². The van der Waals surface area contributed by atoms with Crippen molar-refractivity contribution in [2.75, 3.05) is 26.2 Å². The van der Waals surface area contributed by atoms with E-state index in [-0.39, 0.29) is 22.1 Å². The van der Waals surface area contributed by atoms with E-state index in [0.29, 0.717) is 37.3 Å². The van der Waals surface area contributed by atoms with Gasteiger partial charge in [0.1, 0.15) is 10.3 Å². The van der Waals surface area contributed by atoms with Crippen LogP contribution in [0.15, 0.2) is 42.5 Å². The second-order valence-electron chi connectivity index (χ2n) is 5.45. The number of carbonyl (C=O) groups is 2. The van der Waals surface area contributed by atoms with Gasteiger partial charge in [-0.1, -0.05) is 41.4 Å². The lowest BCUT2D eigenvalue weighted by atomic mass is 10.1. The quantitative estimate of drug-likeness (QED) is 0.770. The lowest BCUT2D eigenvalue weighted by Gasteiger charge is -2.34. The van der Waals surface area contributed by atoms with Gasteiger partial charge in [0.05, 0.1) is 0 Å². The average molecular weight is 364 g/mol. The van der Waals surface area contributed by atoms with E-state index < -0.39 is 0 Å². The van der Waals surface area contributed by atoms with E-state index in [0.717, 1.165) is 0 Å². The van der Waals surface area contributed by atoms with E-state index in [1.54, 1.807) is 21.9 Å². The number of amides is 2. The third-order valence-electron chi connectivity index (χ3n) is 3.88. The molecule has 2 heterocycles. The third-order valence-corrected chi connectivity index (χ3v) is 4.27. The number of halogens is 2. The van der Waals surface area contributed by atoms with Crippen LogP contribution in [0.25, 0.3) is 0 Å². The second kappa shape index (κ2) is 7.20. The number of hydrogen-bond acceptors (Lipinski definition) is 3. The standard InChI is InChI=1S/C17H15Cl2N3O2/c18-14-10-13(11-15(19)20-14)17(24)22-8-6-21(7-9-22)16(23)12-4-2-1-3-5-12/h1-5,10-11H,6-9H2. The molecule has 3 rings (SSSR count). The van der Waals surface area contributed by atoms with Crippen molar-refractivity contribution in [3.05, 3.63) is 63.9 Å². The molecule has 0 unspecified atom stereocenters. The van der Waals surface area contributed by atoms with Crippen LogP contribution in [-0.4, -0.2) is 52.8 Å². The predicted molar refractivity (Wildman–Crippen MR) is 92.5 cm³/mol. The Kier molecular flexibility index (Phi) is 5.02. The van der Waals surface area contributed by atoms with Gasteiger partial charge in [-0.05, 0) is 24.3 Å². The summed E-state index contributed by atoms with van der Waals surface area (Å²) in [6.45, 7) is 1.92.